The number of aromatic nitrogens is 2. The average molecular weight is 245 g/mol. The molecule has 0 saturated carbocycles. The summed E-state index contributed by atoms with van der Waals surface area (Å²) in [5.41, 5.74) is 8.14. The molecule has 2 heterocycles. The zero-order valence-electron chi connectivity index (χ0n) is 11.0. The van der Waals surface area contributed by atoms with E-state index in [0.29, 0.717) is 18.0 Å². The number of hydrogen-bond acceptors (Lipinski definition) is 5. The lowest BCUT2D eigenvalue weighted by Gasteiger charge is -2.33. The summed E-state index contributed by atoms with van der Waals surface area (Å²) in [6.07, 6.45) is 2.26. The lowest BCUT2D eigenvalue weighted by Crippen LogP contribution is -2.39. The molecule has 0 spiro atoms. The molecule has 0 amide bonds. The van der Waals surface area contributed by atoms with Crippen molar-refractivity contribution in [3.8, 4) is 6.07 Å². The van der Waals surface area contributed by atoms with Gasteiger partial charge in [-0.25, -0.2) is 0 Å². The Bertz CT molecular complexity index is 477. The number of nitrogens with zero attached hydrogens (tertiary/aromatic N) is 4. The molecule has 2 rings (SSSR count). The average Bonchev–Trinajstić information content (AvgIpc) is 2.41. The number of piperidine rings is 1. The first kappa shape index (κ1) is 12.8. The molecule has 18 heavy (non-hydrogen) atoms. The summed E-state index contributed by atoms with van der Waals surface area (Å²) in [7, 11) is 0. The van der Waals surface area contributed by atoms with Crippen molar-refractivity contribution in [3.63, 3.8) is 0 Å². The van der Waals surface area contributed by atoms with Crippen molar-refractivity contribution in [2.75, 3.05) is 24.5 Å². The summed E-state index contributed by atoms with van der Waals surface area (Å²) in [4.78, 5) is 2.15. The second-order valence-corrected chi connectivity index (χ2v) is 4.91. The third-order valence-corrected chi connectivity index (χ3v) is 3.70. The molecule has 1 aliphatic rings. The topological polar surface area (TPSA) is 78.8 Å². The van der Waals surface area contributed by atoms with Crippen molar-refractivity contribution in [2.45, 2.75) is 26.7 Å². The van der Waals surface area contributed by atoms with Gasteiger partial charge in [-0.1, -0.05) is 0 Å². The predicted octanol–water partition coefficient (Wildman–Crippen LogP) is 1.14. The van der Waals surface area contributed by atoms with Crippen LogP contribution in [0.5, 0.6) is 0 Å². The minimum Gasteiger partial charge on any atom is -0.354 e. The first-order valence-corrected chi connectivity index (χ1v) is 6.36. The Balaban J connectivity index is 2.33. The van der Waals surface area contributed by atoms with Crippen molar-refractivity contribution in [1.82, 2.24) is 10.2 Å². The van der Waals surface area contributed by atoms with Crippen LogP contribution in [0.4, 0.5) is 5.82 Å². The molecule has 2 N–H and O–H groups in total. The van der Waals surface area contributed by atoms with Crippen molar-refractivity contribution in [3.05, 3.63) is 16.8 Å². The van der Waals surface area contributed by atoms with E-state index in [4.69, 9.17) is 5.73 Å². The quantitative estimate of drug-likeness (QED) is 0.845. The largest absolute Gasteiger partial charge is 0.354 e. The van der Waals surface area contributed by atoms with Crippen molar-refractivity contribution >= 4 is 5.82 Å². The van der Waals surface area contributed by atoms with Crippen LogP contribution in [0.2, 0.25) is 0 Å². The smallest absolute Gasteiger partial charge is 0.169 e. The normalized spacial score (nSPS) is 19.7. The number of nitrogens with two attached hydrogens (primary N) is 1. The highest BCUT2D eigenvalue weighted by atomic mass is 15.3. The Hall–Kier alpha value is -1.67. The van der Waals surface area contributed by atoms with Crippen LogP contribution in [0, 0.1) is 31.1 Å². The van der Waals surface area contributed by atoms with Crippen LogP contribution >= 0.6 is 0 Å². The summed E-state index contributed by atoms with van der Waals surface area (Å²) in [5.74, 6) is 1.22. The lowest BCUT2D eigenvalue weighted by atomic mass is 9.97. The Morgan fingerprint density at radius 2 is 2.22 bits per heavy atom. The first-order chi connectivity index (χ1) is 8.67. The number of hydrogen-bond donors (Lipinski definition) is 1. The van der Waals surface area contributed by atoms with Gasteiger partial charge < -0.3 is 10.6 Å². The molecule has 1 aromatic rings. The van der Waals surface area contributed by atoms with Gasteiger partial charge in [0.2, 0.25) is 0 Å². The van der Waals surface area contributed by atoms with Crippen LogP contribution in [0.1, 0.15) is 29.7 Å². The van der Waals surface area contributed by atoms with Crippen LogP contribution < -0.4 is 10.6 Å². The molecule has 5 nitrogen and oxygen atoms in total. The number of rotatable bonds is 2. The van der Waals surface area contributed by atoms with Crippen LogP contribution in [0.3, 0.4) is 0 Å². The van der Waals surface area contributed by atoms with E-state index < -0.39 is 0 Å². The van der Waals surface area contributed by atoms with E-state index in [-0.39, 0.29) is 0 Å². The van der Waals surface area contributed by atoms with Gasteiger partial charge in [0.1, 0.15) is 11.6 Å². The molecule has 0 radical (unpaired) electrons. The maximum absolute atomic E-state index is 9.31. The highest BCUT2D eigenvalue weighted by molar-refractivity contribution is 5.57. The second kappa shape index (κ2) is 5.32. The maximum atomic E-state index is 9.31. The zero-order valence-corrected chi connectivity index (χ0v) is 11.0. The van der Waals surface area contributed by atoms with Crippen LogP contribution in [-0.4, -0.2) is 29.8 Å². The molecule has 1 aromatic heterocycles. The minimum atomic E-state index is 0.494. The molecule has 1 saturated heterocycles. The SMILES string of the molecule is Cc1nnc(N2CCCC(CN)C2)c(C#N)c1C. The Morgan fingerprint density at radius 3 is 2.89 bits per heavy atom. The van der Waals surface area contributed by atoms with Gasteiger partial charge in [0.05, 0.1) is 5.69 Å². The van der Waals surface area contributed by atoms with E-state index in [2.05, 4.69) is 21.2 Å². The summed E-state index contributed by atoms with van der Waals surface area (Å²) < 4.78 is 0. The Labute approximate surface area is 108 Å². The molecule has 96 valence electrons. The fourth-order valence-electron chi connectivity index (χ4n) is 2.40. The summed E-state index contributed by atoms with van der Waals surface area (Å²) in [6.45, 7) is 6.31. The van der Waals surface area contributed by atoms with Gasteiger partial charge in [0.25, 0.3) is 0 Å². The highest BCUT2D eigenvalue weighted by Gasteiger charge is 2.23. The van der Waals surface area contributed by atoms with Gasteiger partial charge in [-0.2, -0.15) is 10.4 Å². The summed E-state index contributed by atoms with van der Waals surface area (Å²) >= 11 is 0. The number of anilines is 1. The molecule has 1 unspecified atom stereocenters. The van der Waals surface area contributed by atoms with Gasteiger partial charge >= 0.3 is 0 Å². The monoisotopic (exact) mass is 245 g/mol. The summed E-state index contributed by atoms with van der Waals surface area (Å²) in [5, 5.41) is 17.7. The fourth-order valence-corrected chi connectivity index (χ4v) is 2.40. The van der Waals surface area contributed by atoms with Gasteiger partial charge in [-0.15, -0.1) is 5.10 Å². The van der Waals surface area contributed by atoms with Gasteiger partial charge in [-0.3, -0.25) is 0 Å². The minimum absolute atomic E-state index is 0.494. The molecule has 1 fully saturated rings. The molecule has 0 aromatic carbocycles. The van der Waals surface area contributed by atoms with E-state index in [1.54, 1.807) is 0 Å². The lowest BCUT2D eigenvalue weighted by molar-refractivity contribution is 0.420. The molecule has 1 aliphatic heterocycles. The van der Waals surface area contributed by atoms with Crippen molar-refractivity contribution < 1.29 is 0 Å². The third-order valence-electron chi connectivity index (χ3n) is 3.70. The van der Waals surface area contributed by atoms with E-state index in [9.17, 15) is 5.26 Å². The van der Waals surface area contributed by atoms with E-state index >= 15 is 0 Å². The molecule has 0 aliphatic carbocycles. The number of aryl methyl sites for hydroxylation is 1. The maximum Gasteiger partial charge on any atom is 0.169 e. The highest BCUT2D eigenvalue weighted by Crippen LogP contribution is 2.25. The predicted molar refractivity (Wildman–Crippen MR) is 70.2 cm³/mol. The van der Waals surface area contributed by atoms with Gasteiger partial charge in [0.15, 0.2) is 5.82 Å². The van der Waals surface area contributed by atoms with Crippen LogP contribution in [0.15, 0.2) is 0 Å². The summed E-state index contributed by atoms with van der Waals surface area (Å²) in [6, 6.07) is 2.26. The standard InChI is InChI=1S/C13H19N5/c1-9-10(2)16-17-13(12(9)7-15)18-5-3-4-11(6-14)8-18/h11H,3-6,8,14H2,1-2H3. The van der Waals surface area contributed by atoms with Crippen molar-refractivity contribution in [1.29, 1.82) is 5.26 Å². The fraction of sp³-hybridized carbons (Fsp3) is 0.615. The molecule has 1 atom stereocenters. The molecular weight excluding hydrogens is 226 g/mol. The third kappa shape index (κ3) is 2.29. The first-order valence-electron chi connectivity index (χ1n) is 6.36. The second-order valence-electron chi connectivity index (χ2n) is 4.91. The molecule has 5 heteroatoms. The van der Waals surface area contributed by atoms with E-state index in [1.807, 2.05) is 13.8 Å². The Morgan fingerprint density at radius 1 is 1.44 bits per heavy atom. The van der Waals surface area contributed by atoms with E-state index in [0.717, 1.165) is 43.0 Å². The van der Waals surface area contributed by atoms with Crippen LogP contribution in [0.25, 0.3) is 0 Å². The van der Waals surface area contributed by atoms with Crippen molar-refractivity contribution in [2.24, 2.45) is 11.7 Å². The van der Waals surface area contributed by atoms with Gasteiger partial charge in [0, 0.05) is 13.1 Å². The number of nitriles is 1. The van der Waals surface area contributed by atoms with Crippen LogP contribution in [-0.2, 0) is 0 Å². The zero-order chi connectivity index (χ0) is 13.1. The Kier molecular flexibility index (Phi) is 3.78. The molecular formula is C13H19N5. The van der Waals surface area contributed by atoms with Gasteiger partial charge in [-0.05, 0) is 44.7 Å². The van der Waals surface area contributed by atoms with E-state index in [1.165, 1.54) is 0 Å². The molecule has 0 bridgehead atoms.